The molecule has 0 amide bonds. The molecule has 4 nitrogen and oxygen atoms in total. The van der Waals surface area contributed by atoms with Crippen molar-refractivity contribution in [3.63, 3.8) is 0 Å². The summed E-state index contributed by atoms with van der Waals surface area (Å²) in [5.74, 6) is 0. The van der Waals surface area contributed by atoms with Crippen LogP contribution in [0.5, 0.6) is 0 Å². The average molecular weight is 194 g/mol. The molecule has 0 saturated heterocycles. The lowest BCUT2D eigenvalue weighted by atomic mass is 10.0. The van der Waals surface area contributed by atoms with Crippen molar-refractivity contribution in [3.8, 4) is 0 Å². The summed E-state index contributed by atoms with van der Waals surface area (Å²) >= 11 is 0. The van der Waals surface area contributed by atoms with Gasteiger partial charge in [-0.25, -0.2) is 0 Å². The number of aromatic nitrogens is 1. The minimum absolute atomic E-state index is 0.0542. The first kappa shape index (κ1) is 9.58. The Balaban J connectivity index is 2.29. The van der Waals surface area contributed by atoms with E-state index in [2.05, 4.69) is 4.98 Å². The summed E-state index contributed by atoms with van der Waals surface area (Å²) in [6.07, 6.45) is 2.61. The fourth-order valence-corrected chi connectivity index (χ4v) is 1.57. The van der Waals surface area contributed by atoms with E-state index in [1.54, 1.807) is 6.20 Å². The van der Waals surface area contributed by atoms with E-state index in [1.807, 2.05) is 6.07 Å². The van der Waals surface area contributed by atoms with Crippen LogP contribution in [0, 0.1) is 0 Å². The van der Waals surface area contributed by atoms with Crippen molar-refractivity contribution in [3.05, 3.63) is 29.1 Å². The Labute approximate surface area is 82.7 Å². The zero-order valence-corrected chi connectivity index (χ0v) is 7.94. The normalized spacial score (nSPS) is 17.6. The standard InChI is InChI=1S/C10H14N2O2/c11-9(5-13)7-3-8-6-14-2-1-10(8)12-4-7/h3-4,9,13H,1-2,5-6,11H2. The first-order valence-electron chi connectivity index (χ1n) is 4.73. The van der Waals surface area contributed by atoms with Gasteiger partial charge in [0.1, 0.15) is 0 Å². The number of aliphatic hydroxyl groups is 1. The van der Waals surface area contributed by atoms with E-state index in [0.717, 1.165) is 29.8 Å². The van der Waals surface area contributed by atoms with Gasteiger partial charge in [-0.05, 0) is 17.2 Å². The summed E-state index contributed by atoms with van der Waals surface area (Å²) in [6.45, 7) is 1.29. The molecule has 1 unspecified atom stereocenters. The summed E-state index contributed by atoms with van der Waals surface area (Å²) < 4.78 is 5.32. The van der Waals surface area contributed by atoms with E-state index >= 15 is 0 Å². The highest BCUT2D eigenvalue weighted by molar-refractivity contribution is 5.28. The van der Waals surface area contributed by atoms with Crippen LogP contribution in [0.15, 0.2) is 12.3 Å². The number of hydrogen-bond donors (Lipinski definition) is 2. The summed E-state index contributed by atoms with van der Waals surface area (Å²) in [6, 6.07) is 1.64. The maximum atomic E-state index is 8.91. The van der Waals surface area contributed by atoms with Gasteiger partial charge in [-0.1, -0.05) is 0 Å². The highest BCUT2D eigenvalue weighted by atomic mass is 16.5. The third kappa shape index (κ3) is 1.77. The summed E-state index contributed by atoms with van der Waals surface area (Å²) in [5.41, 5.74) is 8.75. The van der Waals surface area contributed by atoms with Crippen molar-refractivity contribution in [1.29, 1.82) is 0 Å². The maximum absolute atomic E-state index is 8.91. The fourth-order valence-electron chi connectivity index (χ4n) is 1.57. The Hall–Kier alpha value is -0.970. The average Bonchev–Trinajstić information content (AvgIpc) is 2.27. The van der Waals surface area contributed by atoms with Gasteiger partial charge in [0.25, 0.3) is 0 Å². The second-order valence-electron chi connectivity index (χ2n) is 3.47. The van der Waals surface area contributed by atoms with Gasteiger partial charge in [0, 0.05) is 18.3 Å². The van der Waals surface area contributed by atoms with Crippen molar-refractivity contribution < 1.29 is 9.84 Å². The van der Waals surface area contributed by atoms with Gasteiger partial charge in [0.15, 0.2) is 0 Å². The largest absolute Gasteiger partial charge is 0.394 e. The number of nitrogens with zero attached hydrogens (tertiary/aromatic N) is 1. The fraction of sp³-hybridized carbons (Fsp3) is 0.500. The molecule has 4 heteroatoms. The lowest BCUT2D eigenvalue weighted by Gasteiger charge is -2.17. The molecule has 1 aromatic rings. The molecule has 0 saturated carbocycles. The van der Waals surface area contributed by atoms with Crippen LogP contribution in [-0.4, -0.2) is 23.3 Å². The number of nitrogens with two attached hydrogens (primary N) is 1. The van der Waals surface area contributed by atoms with E-state index in [4.69, 9.17) is 15.6 Å². The van der Waals surface area contributed by atoms with Gasteiger partial charge < -0.3 is 15.6 Å². The molecule has 0 bridgehead atoms. The molecular weight excluding hydrogens is 180 g/mol. The summed E-state index contributed by atoms with van der Waals surface area (Å²) in [5, 5.41) is 8.91. The first-order valence-corrected chi connectivity index (χ1v) is 4.73. The predicted molar refractivity (Wildman–Crippen MR) is 51.6 cm³/mol. The Morgan fingerprint density at radius 1 is 1.64 bits per heavy atom. The van der Waals surface area contributed by atoms with Crippen LogP contribution in [0.3, 0.4) is 0 Å². The molecule has 0 fully saturated rings. The SMILES string of the molecule is NC(CO)c1cnc2c(c1)COCC2. The highest BCUT2D eigenvalue weighted by Gasteiger charge is 2.13. The van der Waals surface area contributed by atoms with Crippen LogP contribution in [-0.2, 0) is 17.8 Å². The molecule has 0 radical (unpaired) electrons. The van der Waals surface area contributed by atoms with E-state index in [9.17, 15) is 0 Å². The van der Waals surface area contributed by atoms with Gasteiger partial charge in [0.2, 0.25) is 0 Å². The number of pyridine rings is 1. The van der Waals surface area contributed by atoms with Gasteiger partial charge >= 0.3 is 0 Å². The first-order chi connectivity index (χ1) is 6.81. The van der Waals surface area contributed by atoms with Crippen molar-refractivity contribution in [2.75, 3.05) is 13.2 Å². The molecule has 0 spiro atoms. The number of hydrogen-bond acceptors (Lipinski definition) is 4. The minimum Gasteiger partial charge on any atom is -0.394 e. The molecule has 2 rings (SSSR count). The van der Waals surface area contributed by atoms with Gasteiger partial charge in [0.05, 0.1) is 25.9 Å². The van der Waals surface area contributed by atoms with Crippen LogP contribution < -0.4 is 5.73 Å². The number of aliphatic hydroxyl groups excluding tert-OH is 1. The van der Waals surface area contributed by atoms with Gasteiger partial charge in [-0.2, -0.15) is 0 Å². The third-order valence-electron chi connectivity index (χ3n) is 2.45. The molecule has 2 heterocycles. The Bertz CT molecular complexity index is 328. The second kappa shape index (κ2) is 4.04. The maximum Gasteiger partial charge on any atom is 0.0734 e. The van der Waals surface area contributed by atoms with Crippen molar-refractivity contribution in [2.45, 2.75) is 19.1 Å². The van der Waals surface area contributed by atoms with E-state index < -0.39 is 0 Å². The molecule has 1 aliphatic heterocycles. The topological polar surface area (TPSA) is 68.4 Å². The lowest BCUT2D eigenvalue weighted by molar-refractivity contribution is 0.109. The van der Waals surface area contributed by atoms with Gasteiger partial charge in [-0.15, -0.1) is 0 Å². The van der Waals surface area contributed by atoms with E-state index in [0.29, 0.717) is 6.61 Å². The minimum atomic E-state index is -0.338. The van der Waals surface area contributed by atoms with Crippen molar-refractivity contribution >= 4 is 0 Å². The van der Waals surface area contributed by atoms with Crippen molar-refractivity contribution in [1.82, 2.24) is 4.98 Å². The highest BCUT2D eigenvalue weighted by Crippen LogP contribution is 2.18. The molecule has 1 atom stereocenters. The van der Waals surface area contributed by atoms with Crippen LogP contribution in [0.2, 0.25) is 0 Å². The van der Waals surface area contributed by atoms with Crippen LogP contribution in [0.25, 0.3) is 0 Å². The molecule has 0 aliphatic carbocycles. The van der Waals surface area contributed by atoms with E-state index in [1.165, 1.54) is 0 Å². The second-order valence-corrected chi connectivity index (χ2v) is 3.47. The summed E-state index contributed by atoms with van der Waals surface area (Å²) in [7, 11) is 0. The molecule has 3 N–H and O–H groups in total. The number of fused-ring (bicyclic) bond motifs is 1. The zero-order valence-electron chi connectivity index (χ0n) is 7.94. The summed E-state index contributed by atoms with van der Waals surface area (Å²) in [4.78, 5) is 4.32. The lowest BCUT2D eigenvalue weighted by Crippen LogP contribution is -2.18. The molecule has 1 aromatic heterocycles. The zero-order chi connectivity index (χ0) is 9.97. The number of rotatable bonds is 2. The van der Waals surface area contributed by atoms with Crippen LogP contribution in [0.1, 0.15) is 22.9 Å². The van der Waals surface area contributed by atoms with E-state index in [-0.39, 0.29) is 12.6 Å². The predicted octanol–water partition coefficient (Wildman–Crippen LogP) is 0.146. The molecule has 76 valence electrons. The molecule has 1 aliphatic rings. The monoisotopic (exact) mass is 194 g/mol. The van der Waals surface area contributed by atoms with Crippen molar-refractivity contribution in [2.24, 2.45) is 5.73 Å². The molecule has 0 aromatic carbocycles. The quantitative estimate of drug-likeness (QED) is 0.703. The Morgan fingerprint density at radius 2 is 2.50 bits per heavy atom. The molecular formula is C10H14N2O2. The Morgan fingerprint density at radius 3 is 3.29 bits per heavy atom. The number of ether oxygens (including phenoxy) is 1. The van der Waals surface area contributed by atoms with Crippen LogP contribution >= 0.6 is 0 Å². The smallest absolute Gasteiger partial charge is 0.0734 e. The third-order valence-corrected chi connectivity index (χ3v) is 2.45. The van der Waals surface area contributed by atoms with Gasteiger partial charge in [-0.3, -0.25) is 4.98 Å². The van der Waals surface area contributed by atoms with Crippen LogP contribution in [0.4, 0.5) is 0 Å². The molecule has 14 heavy (non-hydrogen) atoms. The Kier molecular flexibility index (Phi) is 2.77.